The summed E-state index contributed by atoms with van der Waals surface area (Å²) in [6.45, 7) is 1.73. The topological polar surface area (TPSA) is 112 Å². The van der Waals surface area contributed by atoms with E-state index in [9.17, 15) is 19.2 Å². The van der Waals surface area contributed by atoms with E-state index in [0.29, 0.717) is 23.3 Å². The highest BCUT2D eigenvalue weighted by atomic mass is 35.5. The van der Waals surface area contributed by atoms with Crippen molar-refractivity contribution in [2.45, 2.75) is 19.8 Å². The average Bonchev–Trinajstić information content (AvgIpc) is 3.33. The molecule has 0 bridgehead atoms. The first-order valence-corrected chi connectivity index (χ1v) is 10.9. The van der Waals surface area contributed by atoms with Crippen LogP contribution in [-0.2, 0) is 14.3 Å². The normalized spacial score (nSPS) is 10.4. The fourth-order valence-corrected chi connectivity index (χ4v) is 3.09. The molecule has 0 saturated heterocycles. The van der Waals surface area contributed by atoms with Gasteiger partial charge in [0.05, 0.1) is 22.8 Å². The fourth-order valence-electron chi connectivity index (χ4n) is 2.90. The maximum absolute atomic E-state index is 12.3. The lowest BCUT2D eigenvalue weighted by Gasteiger charge is -2.10. The highest BCUT2D eigenvalue weighted by molar-refractivity contribution is 6.33. The predicted octanol–water partition coefficient (Wildman–Crippen LogP) is 5.16. The van der Waals surface area contributed by atoms with Crippen LogP contribution in [0.3, 0.4) is 0 Å². The number of rotatable bonds is 10. The van der Waals surface area contributed by atoms with Gasteiger partial charge in [0, 0.05) is 11.3 Å². The van der Waals surface area contributed by atoms with Crippen molar-refractivity contribution >= 4 is 41.4 Å². The summed E-state index contributed by atoms with van der Waals surface area (Å²) in [6, 6.07) is 13.9. The minimum atomic E-state index is -0.689. The first-order valence-electron chi connectivity index (χ1n) is 10.5. The number of hydrogen-bond donors (Lipinski definition) is 1. The Labute approximate surface area is 200 Å². The van der Waals surface area contributed by atoms with Crippen molar-refractivity contribution in [2.24, 2.45) is 0 Å². The van der Waals surface area contributed by atoms with Crippen LogP contribution in [0.15, 0.2) is 59.0 Å². The molecule has 0 fully saturated rings. The van der Waals surface area contributed by atoms with Gasteiger partial charge in [-0.2, -0.15) is 0 Å². The van der Waals surface area contributed by atoms with Crippen molar-refractivity contribution in [3.63, 3.8) is 0 Å². The molecule has 0 aliphatic rings. The lowest BCUT2D eigenvalue weighted by molar-refractivity contribution is -0.119. The number of carbonyl (C=O) groups excluding carboxylic acids is 4. The van der Waals surface area contributed by atoms with E-state index in [0.717, 1.165) is 12.8 Å². The van der Waals surface area contributed by atoms with Gasteiger partial charge in [0.25, 0.3) is 5.91 Å². The van der Waals surface area contributed by atoms with Gasteiger partial charge in [0.2, 0.25) is 0 Å². The molecule has 176 valence electrons. The molecule has 3 rings (SSSR count). The van der Waals surface area contributed by atoms with Gasteiger partial charge in [-0.15, -0.1) is 0 Å². The van der Waals surface area contributed by atoms with E-state index in [4.69, 9.17) is 25.5 Å². The van der Waals surface area contributed by atoms with E-state index in [-0.39, 0.29) is 28.5 Å². The zero-order chi connectivity index (χ0) is 24.5. The van der Waals surface area contributed by atoms with Crippen LogP contribution in [0.2, 0.25) is 5.02 Å². The summed E-state index contributed by atoms with van der Waals surface area (Å²) in [5, 5.41) is 2.75. The van der Waals surface area contributed by atoms with Crippen molar-refractivity contribution in [1.82, 2.24) is 0 Å². The van der Waals surface area contributed by atoms with Gasteiger partial charge < -0.3 is 19.2 Å². The molecule has 0 aliphatic carbocycles. The number of furan rings is 1. The molecule has 0 atom stereocenters. The maximum Gasteiger partial charge on any atom is 0.339 e. The molecule has 34 heavy (non-hydrogen) atoms. The zero-order valence-electron chi connectivity index (χ0n) is 18.3. The van der Waals surface area contributed by atoms with Crippen molar-refractivity contribution in [2.75, 3.05) is 18.5 Å². The Balaban J connectivity index is 1.54. The molecule has 1 N–H and O–H groups in total. The molecule has 3 aromatic rings. The third-order valence-corrected chi connectivity index (χ3v) is 5.01. The largest absolute Gasteiger partial charge is 0.462 e. The Bertz CT molecular complexity index is 1180. The van der Waals surface area contributed by atoms with Crippen LogP contribution in [0.4, 0.5) is 5.69 Å². The van der Waals surface area contributed by atoms with Crippen LogP contribution < -0.4 is 5.32 Å². The molecule has 1 heterocycles. The van der Waals surface area contributed by atoms with E-state index in [1.165, 1.54) is 30.3 Å². The van der Waals surface area contributed by atoms with Crippen LogP contribution in [0, 0.1) is 0 Å². The molecule has 1 amide bonds. The summed E-state index contributed by atoms with van der Waals surface area (Å²) in [5.74, 6) is -1.18. The molecule has 0 saturated carbocycles. The Morgan fingerprint density at radius 3 is 2.44 bits per heavy atom. The molecule has 0 radical (unpaired) electrons. The highest BCUT2D eigenvalue weighted by Crippen LogP contribution is 2.23. The van der Waals surface area contributed by atoms with Gasteiger partial charge >= 0.3 is 11.9 Å². The van der Waals surface area contributed by atoms with Crippen LogP contribution in [0.25, 0.3) is 11.3 Å². The first kappa shape index (κ1) is 24.7. The number of nitrogens with one attached hydrogen (secondary N) is 1. The molecule has 0 unspecified atom stereocenters. The zero-order valence-corrected chi connectivity index (χ0v) is 19.1. The number of hydrogen-bond acceptors (Lipinski definition) is 7. The van der Waals surface area contributed by atoms with Gasteiger partial charge in [-0.3, -0.25) is 9.59 Å². The maximum atomic E-state index is 12.3. The van der Waals surface area contributed by atoms with E-state index in [1.807, 2.05) is 6.92 Å². The summed E-state index contributed by atoms with van der Waals surface area (Å²) in [7, 11) is 0. The SMILES string of the molecule is CCCCOC(=O)c1cc(NC(=O)COC(=O)c2ccc(-c3ccc(C=O)o3)cc2)ccc1Cl. The monoisotopic (exact) mass is 483 g/mol. The Morgan fingerprint density at radius 1 is 1.00 bits per heavy atom. The Kier molecular flexibility index (Phi) is 8.59. The molecule has 1 aromatic heterocycles. The van der Waals surface area contributed by atoms with Crippen LogP contribution in [0.5, 0.6) is 0 Å². The number of esters is 2. The molecule has 9 heteroatoms. The number of carbonyl (C=O) groups is 4. The summed E-state index contributed by atoms with van der Waals surface area (Å²) in [5.41, 5.74) is 1.35. The number of aldehydes is 1. The Hall–Kier alpha value is -3.91. The van der Waals surface area contributed by atoms with Gasteiger partial charge in [0.1, 0.15) is 5.76 Å². The summed E-state index contributed by atoms with van der Waals surface area (Å²) in [4.78, 5) is 47.4. The number of amides is 1. The summed E-state index contributed by atoms with van der Waals surface area (Å²) in [6.07, 6.45) is 2.22. The van der Waals surface area contributed by atoms with Gasteiger partial charge in [0.15, 0.2) is 18.7 Å². The second-order valence-corrected chi connectivity index (χ2v) is 7.61. The van der Waals surface area contributed by atoms with Crippen LogP contribution in [-0.4, -0.2) is 37.3 Å². The van der Waals surface area contributed by atoms with Crippen molar-refractivity contribution < 1.29 is 33.1 Å². The quantitative estimate of drug-likeness (QED) is 0.240. The lowest BCUT2D eigenvalue weighted by atomic mass is 10.1. The molecular weight excluding hydrogens is 462 g/mol. The second-order valence-electron chi connectivity index (χ2n) is 7.21. The Morgan fingerprint density at radius 2 is 1.76 bits per heavy atom. The van der Waals surface area contributed by atoms with Crippen LogP contribution >= 0.6 is 11.6 Å². The average molecular weight is 484 g/mol. The molecule has 8 nitrogen and oxygen atoms in total. The van der Waals surface area contributed by atoms with E-state index >= 15 is 0 Å². The molecule has 2 aromatic carbocycles. The van der Waals surface area contributed by atoms with E-state index in [1.54, 1.807) is 24.3 Å². The van der Waals surface area contributed by atoms with E-state index in [2.05, 4.69) is 5.32 Å². The van der Waals surface area contributed by atoms with Gasteiger partial charge in [-0.1, -0.05) is 37.1 Å². The third-order valence-electron chi connectivity index (χ3n) is 4.68. The second kappa shape index (κ2) is 11.8. The van der Waals surface area contributed by atoms with Crippen molar-refractivity contribution in [1.29, 1.82) is 0 Å². The smallest absolute Gasteiger partial charge is 0.339 e. The van der Waals surface area contributed by atoms with E-state index < -0.39 is 24.5 Å². The fraction of sp³-hybridized carbons (Fsp3) is 0.200. The minimum Gasteiger partial charge on any atom is -0.462 e. The van der Waals surface area contributed by atoms with Gasteiger partial charge in [-0.25, -0.2) is 9.59 Å². The van der Waals surface area contributed by atoms with Crippen LogP contribution in [0.1, 0.15) is 51.0 Å². The standard InChI is InChI=1S/C25H22ClNO7/c1-2-3-12-32-25(31)20-13-18(8-10-21(20)26)27-23(29)15-33-24(30)17-6-4-16(5-7-17)22-11-9-19(14-28)34-22/h4-11,13-14H,2-3,12,15H2,1H3,(H,27,29). The minimum absolute atomic E-state index is 0.129. The summed E-state index contributed by atoms with van der Waals surface area (Å²) >= 11 is 6.07. The van der Waals surface area contributed by atoms with Gasteiger partial charge in [-0.05, 0) is 48.9 Å². The number of unbranched alkanes of at least 4 members (excludes halogenated alkanes) is 1. The summed E-state index contributed by atoms with van der Waals surface area (Å²) < 4.78 is 15.5. The third kappa shape index (κ3) is 6.55. The number of anilines is 1. The first-order chi connectivity index (χ1) is 16.4. The molecular formula is C25H22ClNO7. The number of halogens is 1. The molecule has 0 spiro atoms. The lowest BCUT2D eigenvalue weighted by Crippen LogP contribution is -2.21. The highest BCUT2D eigenvalue weighted by Gasteiger charge is 2.15. The van der Waals surface area contributed by atoms with Crippen molar-refractivity contribution in [3.05, 3.63) is 76.5 Å². The number of benzene rings is 2. The predicted molar refractivity (Wildman–Crippen MR) is 125 cm³/mol. The number of ether oxygens (including phenoxy) is 2. The van der Waals surface area contributed by atoms with Crippen molar-refractivity contribution in [3.8, 4) is 11.3 Å². The molecule has 0 aliphatic heterocycles.